The lowest BCUT2D eigenvalue weighted by atomic mass is 10.0. The minimum Gasteiger partial charge on any atom is -0.0738 e. The molecule has 2 aliphatic carbocycles. The maximum atomic E-state index is 2.41. The Morgan fingerprint density at radius 2 is 2.44 bits per heavy atom. The van der Waals surface area contributed by atoms with Crippen molar-refractivity contribution in [3.05, 3.63) is 22.8 Å². The first-order chi connectivity index (χ1) is 4.33. The van der Waals surface area contributed by atoms with Crippen molar-refractivity contribution in [3.63, 3.8) is 0 Å². The summed E-state index contributed by atoms with van der Waals surface area (Å²) in [5, 5.41) is 0. The molecule has 0 heteroatoms. The molecule has 0 amide bonds. The van der Waals surface area contributed by atoms with E-state index in [4.69, 9.17) is 0 Å². The van der Waals surface area contributed by atoms with E-state index in [1.165, 1.54) is 12.8 Å². The standard InChI is InChI=1S/C9H12/c1-3-8-6(2)4-7-5-9(7)8/h4,6H,3,5H2,1-2H3. The van der Waals surface area contributed by atoms with Crippen molar-refractivity contribution in [2.24, 2.45) is 5.92 Å². The molecule has 2 aliphatic rings. The summed E-state index contributed by atoms with van der Waals surface area (Å²) >= 11 is 0. The van der Waals surface area contributed by atoms with Crippen LogP contribution in [-0.2, 0) is 0 Å². The summed E-state index contributed by atoms with van der Waals surface area (Å²) in [6.45, 7) is 4.55. The van der Waals surface area contributed by atoms with Gasteiger partial charge >= 0.3 is 0 Å². The minimum atomic E-state index is 0.772. The van der Waals surface area contributed by atoms with Crippen molar-refractivity contribution in [2.75, 3.05) is 0 Å². The Morgan fingerprint density at radius 3 is 2.78 bits per heavy atom. The molecule has 0 saturated heterocycles. The molecule has 2 rings (SSSR count). The van der Waals surface area contributed by atoms with Crippen LogP contribution in [0.25, 0.3) is 0 Å². The van der Waals surface area contributed by atoms with Gasteiger partial charge in [-0.1, -0.05) is 25.5 Å². The Hall–Kier alpha value is -0.520. The second kappa shape index (κ2) is 1.50. The zero-order valence-corrected chi connectivity index (χ0v) is 6.07. The topological polar surface area (TPSA) is 0 Å². The summed E-state index contributed by atoms with van der Waals surface area (Å²) in [6.07, 6.45) is 4.98. The molecule has 0 aromatic rings. The smallest absolute Gasteiger partial charge is 0.00234 e. The highest BCUT2D eigenvalue weighted by Gasteiger charge is 2.31. The molecule has 0 aromatic carbocycles. The van der Waals surface area contributed by atoms with Crippen molar-refractivity contribution < 1.29 is 0 Å². The second-order valence-corrected chi connectivity index (χ2v) is 3.01. The van der Waals surface area contributed by atoms with Crippen molar-refractivity contribution in [1.82, 2.24) is 0 Å². The highest BCUT2D eigenvalue weighted by molar-refractivity contribution is 5.59. The van der Waals surface area contributed by atoms with E-state index < -0.39 is 0 Å². The highest BCUT2D eigenvalue weighted by atomic mass is 14.4. The Morgan fingerprint density at radius 1 is 1.67 bits per heavy atom. The summed E-state index contributed by atoms with van der Waals surface area (Å²) in [6, 6.07) is 0. The molecule has 0 N–H and O–H groups in total. The van der Waals surface area contributed by atoms with Gasteiger partial charge in [-0.2, -0.15) is 0 Å². The summed E-state index contributed by atoms with van der Waals surface area (Å²) in [5.74, 6) is 0.772. The van der Waals surface area contributed by atoms with E-state index in [1.54, 1.807) is 16.7 Å². The Bertz CT molecular complexity index is 206. The molecule has 1 saturated carbocycles. The van der Waals surface area contributed by atoms with Gasteiger partial charge in [0.2, 0.25) is 0 Å². The largest absolute Gasteiger partial charge is 0.0738 e. The Balaban J connectivity index is 2.33. The first-order valence-corrected chi connectivity index (χ1v) is 3.76. The number of allylic oxidation sites excluding steroid dienone is 4. The molecular weight excluding hydrogens is 108 g/mol. The van der Waals surface area contributed by atoms with E-state index in [1.807, 2.05) is 0 Å². The fourth-order valence-corrected chi connectivity index (χ4v) is 1.84. The zero-order valence-electron chi connectivity index (χ0n) is 6.07. The fourth-order valence-electron chi connectivity index (χ4n) is 1.84. The van der Waals surface area contributed by atoms with Crippen molar-refractivity contribution >= 4 is 0 Å². The predicted molar refractivity (Wildman–Crippen MR) is 39.2 cm³/mol. The van der Waals surface area contributed by atoms with Crippen LogP contribution in [0.4, 0.5) is 0 Å². The fraction of sp³-hybridized carbons (Fsp3) is 0.556. The molecule has 1 unspecified atom stereocenters. The molecule has 0 aromatic heterocycles. The lowest BCUT2D eigenvalue weighted by molar-refractivity contribution is 0.813. The predicted octanol–water partition coefficient (Wildman–Crippen LogP) is 2.67. The molecule has 0 spiro atoms. The molecule has 1 atom stereocenters. The zero-order chi connectivity index (χ0) is 6.43. The van der Waals surface area contributed by atoms with Crippen LogP contribution in [0.1, 0.15) is 26.7 Å². The highest BCUT2D eigenvalue weighted by Crippen LogP contribution is 2.49. The third-order valence-electron chi connectivity index (χ3n) is 2.40. The second-order valence-electron chi connectivity index (χ2n) is 3.01. The van der Waals surface area contributed by atoms with E-state index in [0.717, 1.165) is 5.92 Å². The molecule has 1 fully saturated rings. The van der Waals surface area contributed by atoms with Gasteiger partial charge in [-0.25, -0.2) is 0 Å². The van der Waals surface area contributed by atoms with E-state index in [0.29, 0.717) is 0 Å². The van der Waals surface area contributed by atoms with Crippen molar-refractivity contribution in [2.45, 2.75) is 26.7 Å². The Labute approximate surface area is 56.3 Å². The molecule has 0 bridgehead atoms. The van der Waals surface area contributed by atoms with E-state index in [-0.39, 0.29) is 0 Å². The monoisotopic (exact) mass is 120 g/mol. The number of hydrogen-bond acceptors (Lipinski definition) is 0. The SMILES string of the molecule is CCC1=C2CC2=CC1C. The van der Waals surface area contributed by atoms with Crippen LogP contribution < -0.4 is 0 Å². The summed E-state index contributed by atoms with van der Waals surface area (Å²) in [4.78, 5) is 0. The van der Waals surface area contributed by atoms with Crippen LogP contribution in [-0.4, -0.2) is 0 Å². The van der Waals surface area contributed by atoms with Gasteiger partial charge in [-0.05, 0) is 29.9 Å². The molecule has 48 valence electrons. The number of rotatable bonds is 1. The van der Waals surface area contributed by atoms with Crippen molar-refractivity contribution in [1.29, 1.82) is 0 Å². The Kier molecular flexibility index (Phi) is 0.879. The third kappa shape index (κ3) is 0.592. The van der Waals surface area contributed by atoms with Gasteiger partial charge < -0.3 is 0 Å². The van der Waals surface area contributed by atoms with Gasteiger partial charge in [-0.15, -0.1) is 0 Å². The van der Waals surface area contributed by atoms with E-state index in [9.17, 15) is 0 Å². The lowest BCUT2D eigenvalue weighted by Crippen LogP contribution is -1.90. The van der Waals surface area contributed by atoms with Gasteiger partial charge in [0.1, 0.15) is 0 Å². The quantitative estimate of drug-likeness (QED) is 0.499. The summed E-state index contributed by atoms with van der Waals surface area (Å²) in [7, 11) is 0. The van der Waals surface area contributed by atoms with Crippen molar-refractivity contribution in [3.8, 4) is 0 Å². The molecule has 0 radical (unpaired) electrons. The van der Waals surface area contributed by atoms with E-state index in [2.05, 4.69) is 19.9 Å². The normalized spacial score (nSPS) is 30.4. The first-order valence-electron chi connectivity index (χ1n) is 3.76. The number of hydrogen-bond donors (Lipinski definition) is 0. The van der Waals surface area contributed by atoms with Gasteiger partial charge in [0.15, 0.2) is 0 Å². The van der Waals surface area contributed by atoms with Crippen LogP contribution in [0.3, 0.4) is 0 Å². The first kappa shape index (κ1) is 5.28. The molecule has 0 aliphatic heterocycles. The molecule has 0 heterocycles. The van der Waals surface area contributed by atoms with Crippen LogP contribution in [0, 0.1) is 5.92 Å². The van der Waals surface area contributed by atoms with Crippen LogP contribution in [0.2, 0.25) is 0 Å². The molecular formula is C9H12. The van der Waals surface area contributed by atoms with Gasteiger partial charge in [-0.3, -0.25) is 0 Å². The average molecular weight is 120 g/mol. The number of fused-ring (bicyclic) bond motifs is 1. The molecule has 0 nitrogen and oxygen atoms in total. The van der Waals surface area contributed by atoms with Crippen LogP contribution >= 0.6 is 0 Å². The van der Waals surface area contributed by atoms with E-state index >= 15 is 0 Å². The van der Waals surface area contributed by atoms with Crippen LogP contribution in [0.15, 0.2) is 22.8 Å². The van der Waals surface area contributed by atoms with Gasteiger partial charge in [0.25, 0.3) is 0 Å². The van der Waals surface area contributed by atoms with Crippen LogP contribution in [0.5, 0.6) is 0 Å². The average Bonchev–Trinajstić information content (AvgIpc) is 2.45. The maximum Gasteiger partial charge on any atom is -0.00234 e. The third-order valence-corrected chi connectivity index (χ3v) is 2.40. The molecule has 9 heavy (non-hydrogen) atoms. The lowest BCUT2D eigenvalue weighted by Gasteiger charge is -2.04. The van der Waals surface area contributed by atoms with Gasteiger partial charge in [0.05, 0.1) is 0 Å². The maximum absolute atomic E-state index is 2.41. The van der Waals surface area contributed by atoms with Gasteiger partial charge in [0, 0.05) is 0 Å². The summed E-state index contributed by atoms with van der Waals surface area (Å²) in [5.41, 5.74) is 5.02. The minimum absolute atomic E-state index is 0.772. The summed E-state index contributed by atoms with van der Waals surface area (Å²) < 4.78 is 0.